The molecule has 0 bridgehead atoms. The van der Waals surface area contributed by atoms with E-state index in [1.807, 2.05) is 48.5 Å². The molecule has 1 fully saturated rings. The van der Waals surface area contributed by atoms with Crippen LogP contribution in [0.5, 0.6) is 11.8 Å². The maximum atomic E-state index is 5.96. The van der Waals surface area contributed by atoms with Gasteiger partial charge >= 0.3 is 6.01 Å². The molecule has 9 nitrogen and oxygen atoms in total. The van der Waals surface area contributed by atoms with Gasteiger partial charge in [-0.1, -0.05) is 30.3 Å². The van der Waals surface area contributed by atoms with Gasteiger partial charge in [-0.3, -0.25) is 0 Å². The summed E-state index contributed by atoms with van der Waals surface area (Å²) in [5, 5.41) is 3.23. The fourth-order valence-electron chi connectivity index (χ4n) is 3.39. The van der Waals surface area contributed by atoms with E-state index in [9.17, 15) is 0 Å². The maximum absolute atomic E-state index is 5.96. The van der Waals surface area contributed by atoms with Gasteiger partial charge in [0.05, 0.1) is 32.1 Å². The number of rotatable bonds is 7. The number of benzene rings is 2. The average Bonchev–Trinajstić information content (AvgIpc) is 3.54. The maximum Gasteiger partial charge on any atom is 0.322 e. The minimum absolute atomic E-state index is 0.0739. The van der Waals surface area contributed by atoms with Crippen LogP contribution in [0.3, 0.4) is 0 Å². The molecule has 1 atom stereocenters. The number of hydrogen-bond acceptors (Lipinski definition) is 9. The molecule has 1 aliphatic heterocycles. The van der Waals surface area contributed by atoms with Crippen molar-refractivity contribution in [1.29, 1.82) is 0 Å². The zero-order valence-corrected chi connectivity index (χ0v) is 17.4. The number of oxazole rings is 1. The molecule has 1 unspecified atom stereocenters. The van der Waals surface area contributed by atoms with Crippen LogP contribution in [-0.4, -0.2) is 46.4 Å². The number of methoxy groups -OCH3 is 1. The average molecular weight is 431 g/mol. The zero-order chi connectivity index (χ0) is 21.8. The first kappa shape index (κ1) is 20.0. The van der Waals surface area contributed by atoms with E-state index in [1.54, 1.807) is 13.3 Å². The highest BCUT2D eigenvalue weighted by Crippen LogP contribution is 2.33. The van der Waals surface area contributed by atoms with Crippen LogP contribution in [0.15, 0.2) is 65.5 Å². The second kappa shape index (κ2) is 9.03. The summed E-state index contributed by atoms with van der Waals surface area (Å²) >= 11 is 0. The predicted octanol–water partition coefficient (Wildman–Crippen LogP) is 4.11. The minimum Gasteiger partial charge on any atom is -0.496 e. The van der Waals surface area contributed by atoms with Crippen LogP contribution in [0.2, 0.25) is 0 Å². The van der Waals surface area contributed by atoms with E-state index in [2.05, 4.69) is 25.3 Å². The molecule has 1 N–H and O–H groups in total. The lowest BCUT2D eigenvalue weighted by molar-refractivity contribution is 0.134. The third-order valence-electron chi connectivity index (χ3n) is 4.96. The van der Waals surface area contributed by atoms with Gasteiger partial charge in [-0.15, -0.1) is 0 Å². The number of nitrogens with one attached hydrogen (secondary N) is 1. The van der Waals surface area contributed by atoms with Gasteiger partial charge in [-0.05, 0) is 12.1 Å². The molecule has 0 spiro atoms. The highest BCUT2D eigenvalue weighted by molar-refractivity contribution is 5.71. The van der Waals surface area contributed by atoms with Crippen LogP contribution in [0.25, 0.3) is 22.7 Å². The second-order valence-corrected chi connectivity index (χ2v) is 7.14. The first-order valence-electron chi connectivity index (χ1n) is 10.2. The molecule has 2 aromatic carbocycles. The summed E-state index contributed by atoms with van der Waals surface area (Å²) in [5.74, 6) is 2.13. The molecular formula is C23H21N5O4. The fourth-order valence-corrected chi connectivity index (χ4v) is 3.39. The van der Waals surface area contributed by atoms with Crippen molar-refractivity contribution in [2.24, 2.45) is 0 Å². The molecule has 32 heavy (non-hydrogen) atoms. The zero-order valence-electron chi connectivity index (χ0n) is 17.4. The van der Waals surface area contributed by atoms with E-state index in [-0.39, 0.29) is 12.1 Å². The number of nitrogens with zero attached hydrogens (tertiary/aromatic N) is 4. The van der Waals surface area contributed by atoms with Crippen molar-refractivity contribution in [3.8, 4) is 34.5 Å². The lowest BCUT2D eigenvalue weighted by Crippen LogP contribution is -2.18. The molecule has 3 heterocycles. The predicted molar refractivity (Wildman–Crippen MR) is 117 cm³/mol. The summed E-state index contributed by atoms with van der Waals surface area (Å²) in [4.78, 5) is 17.5. The van der Waals surface area contributed by atoms with Crippen LogP contribution in [0.1, 0.15) is 6.42 Å². The van der Waals surface area contributed by atoms with E-state index in [0.717, 1.165) is 23.2 Å². The summed E-state index contributed by atoms with van der Waals surface area (Å²) < 4.78 is 22.3. The molecule has 0 aliphatic carbocycles. The second-order valence-electron chi connectivity index (χ2n) is 7.14. The van der Waals surface area contributed by atoms with Crippen LogP contribution < -0.4 is 14.8 Å². The number of anilines is 2. The summed E-state index contributed by atoms with van der Waals surface area (Å²) in [6, 6.07) is 15.6. The molecule has 0 amide bonds. The standard InChI is InChI=1S/C23H21N5O4/c1-29-19-11-16(7-8-18(19)20-12-24-14-31-20)25-22-26-21(15-5-3-2-4-6-15)27-23(28-22)32-17-9-10-30-13-17/h2-8,11-12,14,17H,9-10,13H2,1H3,(H,25,26,27,28). The molecule has 9 heteroatoms. The largest absolute Gasteiger partial charge is 0.496 e. The molecule has 0 saturated carbocycles. The Morgan fingerprint density at radius 3 is 2.72 bits per heavy atom. The van der Waals surface area contributed by atoms with Gasteiger partial charge in [0.2, 0.25) is 5.95 Å². The van der Waals surface area contributed by atoms with Crippen LogP contribution in [0.4, 0.5) is 11.6 Å². The quantitative estimate of drug-likeness (QED) is 0.463. The Labute approximate surface area is 184 Å². The summed E-state index contributed by atoms with van der Waals surface area (Å²) in [6.07, 6.45) is 3.75. The van der Waals surface area contributed by atoms with Gasteiger partial charge in [-0.2, -0.15) is 15.0 Å². The van der Waals surface area contributed by atoms with E-state index in [1.165, 1.54) is 6.39 Å². The van der Waals surface area contributed by atoms with E-state index in [4.69, 9.17) is 18.6 Å². The molecule has 5 rings (SSSR count). The normalized spacial score (nSPS) is 15.5. The molecule has 4 aromatic rings. The SMILES string of the molecule is COc1cc(Nc2nc(OC3CCOC3)nc(-c3ccccc3)n2)ccc1-c1cnco1. The Hall–Kier alpha value is -3.98. The van der Waals surface area contributed by atoms with Crippen molar-refractivity contribution in [3.05, 3.63) is 61.1 Å². The van der Waals surface area contributed by atoms with Crippen LogP contribution >= 0.6 is 0 Å². The number of ether oxygens (including phenoxy) is 3. The van der Waals surface area contributed by atoms with Gasteiger partial charge in [0, 0.05) is 23.7 Å². The van der Waals surface area contributed by atoms with Crippen molar-refractivity contribution in [2.45, 2.75) is 12.5 Å². The third kappa shape index (κ3) is 4.37. The lowest BCUT2D eigenvalue weighted by Gasteiger charge is -2.13. The van der Waals surface area contributed by atoms with E-state index < -0.39 is 0 Å². The third-order valence-corrected chi connectivity index (χ3v) is 4.96. The topological polar surface area (TPSA) is 104 Å². The van der Waals surface area contributed by atoms with Gasteiger partial charge in [-0.25, -0.2) is 4.98 Å². The molecule has 1 aliphatic rings. The van der Waals surface area contributed by atoms with E-state index in [0.29, 0.717) is 36.5 Å². The summed E-state index contributed by atoms with van der Waals surface area (Å²) in [7, 11) is 1.60. The first-order chi connectivity index (χ1) is 15.8. The van der Waals surface area contributed by atoms with Gasteiger partial charge < -0.3 is 23.9 Å². The monoisotopic (exact) mass is 431 g/mol. The number of aromatic nitrogens is 4. The number of hydrogen-bond donors (Lipinski definition) is 1. The Bertz CT molecular complexity index is 1180. The molecule has 162 valence electrons. The fraction of sp³-hybridized carbons (Fsp3) is 0.217. The van der Waals surface area contributed by atoms with Crippen LogP contribution in [0, 0.1) is 0 Å². The van der Waals surface area contributed by atoms with E-state index >= 15 is 0 Å². The minimum atomic E-state index is -0.0739. The smallest absolute Gasteiger partial charge is 0.322 e. The Kier molecular flexibility index (Phi) is 5.63. The van der Waals surface area contributed by atoms with Crippen molar-refractivity contribution in [1.82, 2.24) is 19.9 Å². The highest BCUT2D eigenvalue weighted by Gasteiger charge is 2.20. The van der Waals surface area contributed by atoms with Gasteiger partial charge in [0.15, 0.2) is 18.0 Å². The Morgan fingerprint density at radius 2 is 1.97 bits per heavy atom. The molecule has 2 aromatic heterocycles. The van der Waals surface area contributed by atoms with Gasteiger partial charge in [0.1, 0.15) is 11.9 Å². The highest BCUT2D eigenvalue weighted by atomic mass is 16.6. The van der Waals surface area contributed by atoms with Crippen LogP contribution in [-0.2, 0) is 4.74 Å². The molecule has 1 saturated heterocycles. The van der Waals surface area contributed by atoms with Crippen molar-refractivity contribution in [2.75, 3.05) is 25.6 Å². The van der Waals surface area contributed by atoms with Gasteiger partial charge in [0.25, 0.3) is 0 Å². The van der Waals surface area contributed by atoms with Crippen molar-refractivity contribution >= 4 is 11.6 Å². The summed E-state index contributed by atoms with van der Waals surface area (Å²) in [5.41, 5.74) is 2.40. The van der Waals surface area contributed by atoms with Crippen molar-refractivity contribution < 1.29 is 18.6 Å². The first-order valence-corrected chi connectivity index (χ1v) is 10.2. The van der Waals surface area contributed by atoms with Crippen molar-refractivity contribution in [3.63, 3.8) is 0 Å². The summed E-state index contributed by atoms with van der Waals surface area (Å²) in [6.45, 7) is 1.19. The Morgan fingerprint density at radius 1 is 1.06 bits per heavy atom. The Balaban J connectivity index is 1.47. The molecule has 0 radical (unpaired) electrons. The lowest BCUT2D eigenvalue weighted by atomic mass is 10.1. The molecular weight excluding hydrogens is 410 g/mol.